The Kier molecular flexibility index (Phi) is 5.98. The van der Waals surface area contributed by atoms with Gasteiger partial charge in [-0.3, -0.25) is 4.90 Å². The van der Waals surface area contributed by atoms with Crippen LogP contribution in [0.3, 0.4) is 0 Å². The van der Waals surface area contributed by atoms with E-state index in [0.717, 1.165) is 18.7 Å². The molecule has 0 unspecified atom stereocenters. The summed E-state index contributed by atoms with van der Waals surface area (Å²) in [6.45, 7) is 7.36. The Balaban J connectivity index is 1.68. The number of aliphatic hydroxyl groups is 1. The monoisotopic (exact) mass is 279 g/mol. The van der Waals surface area contributed by atoms with Gasteiger partial charge in [-0.2, -0.15) is 0 Å². The van der Waals surface area contributed by atoms with Crippen molar-refractivity contribution in [1.82, 2.24) is 4.90 Å². The molecule has 20 heavy (non-hydrogen) atoms. The molecule has 0 aliphatic carbocycles. The molecule has 0 aromatic heterocycles. The number of β-amino-alcohol motifs (C(OH)–C–C–N with tert-alkyl or cyclic N) is 1. The number of ether oxygens (including phenoxy) is 2. The van der Waals surface area contributed by atoms with Crippen molar-refractivity contribution in [3.05, 3.63) is 35.9 Å². The zero-order valence-electron chi connectivity index (χ0n) is 12.4. The fourth-order valence-corrected chi connectivity index (χ4v) is 2.44. The van der Waals surface area contributed by atoms with Crippen molar-refractivity contribution in [2.75, 3.05) is 26.3 Å². The van der Waals surface area contributed by atoms with Crippen LogP contribution in [-0.2, 0) is 16.1 Å². The predicted molar refractivity (Wildman–Crippen MR) is 78.6 cm³/mol. The molecule has 2 rings (SSSR count). The van der Waals surface area contributed by atoms with E-state index in [1.165, 1.54) is 0 Å². The van der Waals surface area contributed by atoms with E-state index in [2.05, 4.69) is 18.7 Å². The Morgan fingerprint density at radius 1 is 1.35 bits per heavy atom. The molecule has 1 aromatic rings. The zero-order valence-corrected chi connectivity index (χ0v) is 12.4. The lowest BCUT2D eigenvalue weighted by atomic mass is 10.2. The highest BCUT2D eigenvalue weighted by Crippen LogP contribution is 2.12. The standard InChI is InChI=1S/C16H25NO3/c1-13-10-20-14(2)8-17(13)9-16(18)12-19-11-15-6-4-3-5-7-15/h3-7,13-14,16,18H,8-12H2,1-2H3/t13-,14-,16-/m1/s1. The molecule has 4 nitrogen and oxygen atoms in total. The molecule has 1 aliphatic heterocycles. The zero-order chi connectivity index (χ0) is 14.4. The van der Waals surface area contributed by atoms with Gasteiger partial charge in [0.15, 0.2) is 0 Å². The average Bonchev–Trinajstić information content (AvgIpc) is 2.44. The summed E-state index contributed by atoms with van der Waals surface area (Å²) in [4.78, 5) is 2.27. The minimum Gasteiger partial charge on any atom is -0.389 e. The van der Waals surface area contributed by atoms with Crippen LogP contribution >= 0.6 is 0 Å². The summed E-state index contributed by atoms with van der Waals surface area (Å²) in [5, 5.41) is 10.1. The Morgan fingerprint density at radius 3 is 2.85 bits per heavy atom. The minimum absolute atomic E-state index is 0.239. The highest BCUT2D eigenvalue weighted by atomic mass is 16.5. The molecule has 1 heterocycles. The topological polar surface area (TPSA) is 41.9 Å². The average molecular weight is 279 g/mol. The van der Waals surface area contributed by atoms with Crippen LogP contribution in [0, 0.1) is 0 Å². The maximum atomic E-state index is 10.1. The van der Waals surface area contributed by atoms with Gasteiger partial charge in [0.25, 0.3) is 0 Å². The molecule has 112 valence electrons. The Labute approximate surface area is 121 Å². The van der Waals surface area contributed by atoms with Gasteiger partial charge in [0.05, 0.1) is 32.0 Å². The highest BCUT2D eigenvalue weighted by molar-refractivity contribution is 5.13. The Morgan fingerprint density at radius 2 is 2.10 bits per heavy atom. The lowest BCUT2D eigenvalue weighted by Gasteiger charge is -2.37. The van der Waals surface area contributed by atoms with Crippen LogP contribution in [0.25, 0.3) is 0 Å². The third-order valence-electron chi connectivity index (χ3n) is 3.60. The van der Waals surface area contributed by atoms with Gasteiger partial charge in [-0.25, -0.2) is 0 Å². The largest absolute Gasteiger partial charge is 0.389 e. The van der Waals surface area contributed by atoms with Crippen molar-refractivity contribution in [1.29, 1.82) is 0 Å². The molecule has 0 amide bonds. The first kappa shape index (κ1) is 15.4. The van der Waals surface area contributed by atoms with Crippen LogP contribution in [0.15, 0.2) is 30.3 Å². The minimum atomic E-state index is -0.452. The van der Waals surface area contributed by atoms with E-state index in [0.29, 0.717) is 25.8 Å². The fraction of sp³-hybridized carbons (Fsp3) is 0.625. The molecular weight excluding hydrogens is 254 g/mol. The van der Waals surface area contributed by atoms with Crippen LogP contribution in [0.5, 0.6) is 0 Å². The summed E-state index contributed by atoms with van der Waals surface area (Å²) in [6, 6.07) is 10.4. The first-order valence-electron chi connectivity index (χ1n) is 7.30. The van der Waals surface area contributed by atoms with Gasteiger partial charge >= 0.3 is 0 Å². The molecule has 1 saturated heterocycles. The molecule has 0 radical (unpaired) electrons. The molecule has 0 saturated carbocycles. The van der Waals surface area contributed by atoms with E-state index in [1.54, 1.807) is 0 Å². The normalized spacial score (nSPS) is 25.6. The number of nitrogens with zero attached hydrogens (tertiary/aromatic N) is 1. The number of aliphatic hydroxyl groups excluding tert-OH is 1. The maximum absolute atomic E-state index is 10.1. The smallest absolute Gasteiger partial charge is 0.0900 e. The van der Waals surface area contributed by atoms with E-state index in [9.17, 15) is 5.11 Å². The van der Waals surface area contributed by atoms with Gasteiger partial charge in [0, 0.05) is 19.1 Å². The quantitative estimate of drug-likeness (QED) is 0.860. The number of hydrogen-bond donors (Lipinski definition) is 1. The molecule has 1 fully saturated rings. The van der Waals surface area contributed by atoms with E-state index in [1.807, 2.05) is 30.3 Å². The van der Waals surface area contributed by atoms with Crippen molar-refractivity contribution >= 4 is 0 Å². The lowest BCUT2D eigenvalue weighted by Crippen LogP contribution is -2.50. The van der Waals surface area contributed by atoms with E-state index in [-0.39, 0.29) is 6.10 Å². The van der Waals surface area contributed by atoms with Gasteiger partial charge in [-0.15, -0.1) is 0 Å². The first-order valence-corrected chi connectivity index (χ1v) is 7.30. The third-order valence-corrected chi connectivity index (χ3v) is 3.60. The second-order valence-electron chi connectivity index (χ2n) is 5.60. The van der Waals surface area contributed by atoms with Crippen LogP contribution in [0.4, 0.5) is 0 Å². The molecule has 4 heteroatoms. The summed E-state index contributed by atoms with van der Waals surface area (Å²) in [5.74, 6) is 0. The Hall–Kier alpha value is -0.940. The van der Waals surface area contributed by atoms with Crippen molar-refractivity contribution in [3.63, 3.8) is 0 Å². The van der Waals surface area contributed by atoms with Gasteiger partial charge in [0.2, 0.25) is 0 Å². The number of morpholine rings is 1. The Bertz CT molecular complexity index is 385. The molecular formula is C16H25NO3. The van der Waals surface area contributed by atoms with E-state index >= 15 is 0 Å². The predicted octanol–water partition coefficient (Wildman–Crippen LogP) is 1.67. The highest BCUT2D eigenvalue weighted by Gasteiger charge is 2.25. The fourth-order valence-electron chi connectivity index (χ4n) is 2.44. The SMILES string of the molecule is C[C@@H]1CN(C[C@@H](O)COCc2ccccc2)[C@H](C)CO1. The number of benzene rings is 1. The van der Waals surface area contributed by atoms with Gasteiger partial charge < -0.3 is 14.6 Å². The number of hydrogen-bond acceptors (Lipinski definition) is 4. The van der Waals surface area contributed by atoms with E-state index < -0.39 is 6.10 Å². The molecule has 3 atom stereocenters. The molecule has 1 aromatic carbocycles. The first-order chi connectivity index (χ1) is 9.65. The lowest BCUT2D eigenvalue weighted by molar-refractivity contribution is -0.0712. The third kappa shape index (κ3) is 4.87. The van der Waals surface area contributed by atoms with Crippen molar-refractivity contribution < 1.29 is 14.6 Å². The van der Waals surface area contributed by atoms with Gasteiger partial charge in [-0.05, 0) is 19.4 Å². The second kappa shape index (κ2) is 7.74. The maximum Gasteiger partial charge on any atom is 0.0900 e. The summed E-state index contributed by atoms with van der Waals surface area (Å²) in [6.07, 6.45) is -0.213. The molecule has 1 aliphatic rings. The van der Waals surface area contributed by atoms with Crippen molar-refractivity contribution in [2.24, 2.45) is 0 Å². The molecule has 1 N–H and O–H groups in total. The van der Waals surface area contributed by atoms with Crippen molar-refractivity contribution in [3.8, 4) is 0 Å². The van der Waals surface area contributed by atoms with Crippen LogP contribution in [0.1, 0.15) is 19.4 Å². The molecule has 0 spiro atoms. The number of rotatable bonds is 6. The van der Waals surface area contributed by atoms with Crippen LogP contribution in [0.2, 0.25) is 0 Å². The summed E-state index contributed by atoms with van der Waals surface area (Å²) in [7, 11) is 0. The van der Waals surface area contributed by atoms with Crippen LogP contribution < -0.4 is 0 Å². The van der Waals surface area contributed by atoms with Gasteiger partial charge in [0.1, 0.15) is 0 Å². The van der Waals surface area contributed by atoms with Crippen LogP contribution in [-0.4, -0.2) is 54.6 Å². The summed E-state index contributed by atoms with van der Waals surface area (Å²) < 4.78 is 11.2. The second-order valence-corrected chi connectivity index (χ2v) is 5.60. The summed E-state index contributed by atoms with van der Waals surface area (Å²) in [5.41, 5.74) is 1.13. The van der Waals surface area contributed by atoms with E-state index in [4.69, 9.17) is 9.47 Å². The van der Waals surface area contributed by atoms with Crippen molar-refractivity contribution in [2.45, 2.75) is 38.7 Å². The summed E-state index contributed by atoms with van der Waals surface area (Å²) >= 11 is 0. The van der Waals surface area contributed by atoms with Gasteiger partial charge in [-0.1, -0.05) is 30.3 Å². The molecule has 0 bridgehead atoms.